The lowest BCUT2D eigenvalue weighted by molar-refractivity contribution is 0.0260. The van der Waals surface area contributed by atoms with Gasteiger partial charge in [-0.15, -0.1) is 0 Å². The molecule has 2 saturated heterocycles. The fourth-order valence-corrected chi connectivity index (χ4v) is 3.59. The Balaban J connectivity index is 1.46. The van der Waals surface area contributed by atoms with E-state index in [-0.39, 0.29) is 11.7 Å². The molecule has 1 N–H and O–H groups in total. The Bertz CT molecular complexity index is 573. The minimum absolute atomic E-state index is 0.221. The molecule has 0 unspecified atom stereocenters. The minimum atomic E-state index is -0.431. The lowest BCUT2D eigenvalue weighted by Crippen LogP contribution is -2.45. The van der Waals surface area contributed by atoms with E-state index in [4.69, 9.17) is 4.74 Å². The summed E-state index contributed by atoms with van der Waals surface area (Å²) in [4.78, 5) is 16.5. The monoisotopic (exact) mass is 399 g/mol. The highest BCUT2D eigenvalue weighted by Crippen LogP contribution is 2.22. The van der Waals surface area contributed by atoms with Gasteiger partial charge in [0.15, 0.2) is 0 Å². The van der Waals surface area contributed by atoms with Crippen LogP contribution in [0.25, 0.3) is 0 Å². The third kappa shape index (κ3) is 4.68. The van der Waals surface area contributed by atoms with Crippen molar-refractivity contribution in [3.8, 4) is 0 Å². The van der Waals surface area contributed by atoms with Gasteiger partial charge in [0.05, 0.1) is 18.9 Å². The van der Waals surface area contributed by atoms with Crippen LogP contribution in [0.2, 0.25) is 0 Å². The summed E-state index contributed by atoms with van der Waals surface area (Å²) in [6.45, 7) is 6.17. The molecule has 2 heterocycles. The Morgan fingerprint density at radius 2 is 1.96 bits per heavy atom. The molecule has 1 aromatic rings. The van der Waals surface area contributed by atoms with E-state index in [0.717, 1.165) is 58.8 Å². The second-order valence-corrected chi connectivity index (χ2v) is 7.31. The maximum Gasteiger partial charge on any atom is 0.321 e. The molecule has 7 heteroatoms. The van der Waals surface area contributed by atoms with Crippen LogP contribution in [0.4, 0.5) is 14.9 Å². The first-order valence-electron chi connectivity index (χ1n) is 8.43. The van der Waals surface area contributed by atoms with Crippen molar-refractivity contribution in [2.24, 2.45) is 5.92 Å². The molecule has 5 nitrogen and oxygen atoms in total. The summed E-state index contributed by atoms with van der Waals surface area (Å²) < 4.78 is 19.9. The Kier molecular flexibility index (Phi) is 6.08. The van der Waals surface area contributed by atoms with Gasteiger partial charge in [-0.2, -0.15) is 0 Å². The molecule has 0 aliphatic carbocycles. The molecule has 2 aliphatic rings. The summed E-state index contributed by atoms with van der Waals surface area (Å²) in [5.41, 5.74) is 0.221. The Hall–Kier alpha value is -1.18. The lowest BCUT2D eigenvalue weighted by Gasteiger charge is -2.36. The van der Waals surface area contributed by atoms with Crippen LogP contribution in [0.1, 0.15) is 12.8 Å². The van der Waals surface area contributed by atoms with Crippen LogP contribution in [0.15, 0.2) is 22.7 Å². The Labute approximate surface area is 150 Å². The molecular formula is C17H23BrFN3O2. The van der Waals surface area contributed by atoms with Gasteiger partial charge in [0.25, 0.3) is 0 Å². The summed E-state index contributed by atoms with van der Waals surface area (Å²) in [6.07, 6.45) is 1.99. The van der Waals surface area contributed by atoms with E-state index in [1.54, 1.807) is 17.0 Å². The van der Waals surface area contributed by atoms with Crippen molar-refractivity contribution in [2.75, 3.05) is 51.3 Å². The highest BCUT2D eigenvalue weighted by Gasteiger charge is 2.25. The van der Waals surface area contributed by atoms with Crippen LogP contribution >= 0.6 is 15.9 Å². The van der Waals surface area contributed by atoms with Gasteiger partial charge in [-0.1, -0.05) is 15.9 Å². The zero-order chi connectivity index (χ0) is 16.9. The fraction of sp³-hybridized carbons (Fsp3) is 0.588. The molecule has 24 heavy (non-hydrogen) atoms. The van der Waals surface area contributed by atoms with E-state index in [1.807, 2.05) is 0 Å². The van der Waals surface area contributed by atoms with Gasteiger partial charge in [-0.25, -0.2) is 9.18 Å². The number of likely N-dealkylation sites (tertiary alicyclic amines) is 1. The molecule has 2 amide bonds. The van der Waals surface area contributed by atoms with Gasteiger partial charge < -0.3 is 15.0 Å². The molecule has 0 atom stereocenters. The lowest BCUT2D eigenvalue weighted by atomic mass is 9.96. The summed E-state index contributed by atoms with van der Waals surface area (Å²) in [7, 11) is 0. The number of morpholine rings is 1. The smallest absolute Gasteiger partial charge is 0.321 e. The van der Waals surface area contributed by atoms with Crippen LogP contribution in [-0.4, -0.2) is 61.8 Å². The zero-order valence-corrected chi connectivity index (χ0v) is 15.2. The molecule has 2 fully saturated rings. The first-order chi connectivity index (χ1) is 11.6. The molecule has 132 valence electrons. The predicted molar refractivity (Wildman–Crippen MR) is 94.7 cm³/mol. The number of amides is 2. The average molecular weight is 400 g/mol. The fourth-order valence-electron chi connectivity index (χ4n) is 3.25. The number of nitrogens with zero attached hydrogens (tertiary/aromatic N) is 2. The van der Waals surface area contributed by atoms with E-state index >= 15 is 0 Å². The van der Waals surface area contributed by atoms with Gasteiger partial charge >= 0.3 is 6.03 Å². The predicted octanol–water partition coefficient (Wildman–Crippen LogP) is 3.16. The first kappa shape index (κ1) is 17.6. The highest BCUT2D eigenvalue weighted by molar-refractivity contribution is 9.10. The van der Waals surface area contributed by atoms with Gasteiger partial charge in [0, 0.05) is 37.2 Å². The number of halogens is 2. The molecule has 0 saturated carbocycles. The molecule has 3 rings (SSSR count). The van der Waals surface area contributed by atoms with Crippen LogP contribution in [0.3, 0.4) is 0 Å². The number of hydrogen-bond acceptors (Lipinski definition) is 3. The molecule has 1 aromatic carbocycles. The Morgan fingerprint density at radius 3 is 2.62 bits per heavy atom. The van der Waals surface area contributed by atoms with Gasteiger partial charge in [0.2, 0.25) is 0 Å². The van der Waals surface area contributed by atoms with E-state index in [2.05, 4.69) is 26.1 Å². The van der Waals surface area contributed by atoms with Crippen molar-refractivity contribution in [3.63, 3.8) is 0 Å². The second-order valence-electron chi connectivity index (χ2n) is 6.40. The topological polar surface area (TPSA) is 44.8 Å². The van der Waals surface area contributed by atoms with Crippen molar-refractivity contribution >= 4 is 27.6 Å². The van der Waals surface area contributed by atoms with E-state index in [0.29, 0.717) is 10.4 Å². The number of carbonyl (C=O) groups excluding carboxylic acids is 1. The van der Waals surface area contributed by atoms with Crippen molar-refractivity contribution < 1.29 is 13.9 Å². The highest BCUT2D eigenvalue weighted by atomic mass is 79.9. The van der Waals surface area contributed by atoms with Gasteiger partial charge in [0.1, 0.15) is 5.82 Å². The quantitative estimate of drug-likeness (QED) is 0.848. The van der Waals surface area contributed by atoms with Gasteiger partial charge in [-0.05, 0) is 37.0 Å². The number of hydrogen-bond donors (Lipinski definition) is 1. The Morgan fingerprint density at radius 1 is 1.25 bits per heavy atom. The van der Waals surface area contributed by atoms with Crippen molar-refractivity contribution in [2.45, 2.75) is 12.8 Å². The number of piperidine rings is 1. The van der Waals surface area contributed by atoms with Crippen LogP contribution in [-0.2, 0) is 4.74 Å². The summed E-state index contributed by atoms with van der Waals surface area (Å²) in [6, 6.07) is 4.42. The maximum atomic E-state index is 13.8. The number of ether oxygens (including phenoxy) is 1. The summed E-state index contributed by atoms with van der Waals surface area (Å²) >= 11 is 3.21. The first-order valence-corrected chi connectivity index (χ1v) is 9.22. The molecule has 0 aromatic heterocycles. The second kappa shape index (κ2) is 8.27. The molecule has 0 bridgehead atoms. The number of benzene rings is 1. The van der Waals surface area contributed by atoms with Crippen LogP contribution in [0, 0.1) is 11.7 Å². The number of urea groups is 1. The number of anilines is 1. The van der Waals surface area contributed by atoms with Gasteiger partial charge in [-0.3, -0.25) is 4.90 Å². The molecule has 0 spiro atoms. The van der Waals surface area contributed by atoms with E-state index < -0.39 is 5.82 Å². The number of carbonyl (C=O) groups is 1. The van der Waals surface area contributed by atoms with Crippen molar-refractivity contribution in [1.29, 1.82) is 0 Å². The third-order valence-corrected chi connectivity index (χ3v) is 5.19. The maximum absolute atomic E-state index is 13.8. The SMILES string of the molecule is O=C(Nc1ccc(Br)cc1F)N1CCC(CN2CCOCC2)CC1. The van der Waals surface area contributed by atoms with Crippen LogP contribution in [0.5, 0.6) is 0 Å². The molecular weight excluding hydrogens is 377 g/mol. The third-order valence-electron chi connectivity index (χ3n) is 4.69. The number of rotatable bonds is 3. The average Bonchev–Trinajstić information content (AvgIpc) is 2.59. The standard InChI is InChI=1S/C17H23BrFN3O2/c18-14-1-2-16(15(19)11-14)20-17(23)22-5-3-13(4-6-22)12-21-7-9-24-10-8-21/h1-2,11,13H,3-10,12H2,(H,20,23). The largest absolute Gasteiger partial charge is 0.379 e. The van der Waals surface area contributed by atoms with Crippen molar-refractivity contribution in [1.82, 2.24) is 9.80 Å². The summed E-state index contributed by atoms with van der Waals surface area (Å²) in [5, 5.41) is 2.67. The summed E-state index contributed by atoms with van der Waals surface area (Å²) in [5.74, 6) is 0.191. The number of nitrogens with one attached hydrogen (secondary N) is 1. The van der Waals surface area contributed by atoms with E-state index in [1.165, 1.54) is 6.07 Å². The molecule has 2 aliphatic heterocycles. The zero-order valence-electron chi connectivity index (χ0n) is 13.6. The van der Waals surface area contributed by atoms with Crippen LogP contribution < -0.4 is 5.32 Å². The minimum Gasteiger partial charge on any atom is -0.379 e. The molecule has 0 radical (unpaired) electrons. The van der Waals surface area contributed by atoms with E-state index in [9.17, 15) is 9.18 Å². The van der Waals surface area contributed by atoms with Crippen molar-refractivity contribution in [3.05, 3.63) is 28.5 Å². The normalized spacial score (nSPS) is 20.2.